The molecule has 258 valence electrons. The summed E-state index contributed by atoms with van der Waals surface area (Å²) in [5.41, 5.74) is 9.10. The summed E-state index contributed by atoms with van der Waals surface area (Å²) in [5, 5.41) is 0. The average molecular weight is 677 g/mol. The monoisotopic (exact) mass is 676 g/mol. The van der Waals surface area contributed by atoms with E-state index >= 15 is 0 Å². The van der Waals surface area contributed by atoms with Crippen molar-refractivity contribution >= 4 is 29.5 Å². The molecule has 0 bridgehead atoms. The zero-order valence-corrected chi connectivity index (χ0v) is 30.3. The van der Waals surface area contributed by atoms with Crippen LogP contribution in [0.25, 0.3) is 12.2 Å². The van der Waals surface area contributed by atoms with Gasteiger partial charge in [0.1, 0.15) is 36.0 Å². The van der Waals surface area contributed by atoms with Crippen LogP contribution in [-0.2, 0) is 23.4 Å². The highest BCUT2D eigenvalue weighted by molar-refractivity contribution is 5.97. The first-order valence-corrected chi connectivity index (χ1v) is 18.2. The fraction of sp³-hybridized carbons (Fsp3) is 0.239. The van der Waals surface area contributed by atoms with Gasteiger partial charge in [-0.2, -0.15) is 0 Å². The number of fused-ring (bicyclic) bond motifs is 6. The SMILES string of the molecule is C=Cc1ccc(C[N+](CC)(CC)c2ccc3c(c2)Oc2cc([N+](CC)(CC)Cc4ccc(C=C)cc4)ccc2C32OC(=O)c3ccccc32)cc1. The Morgan fingerprint density at radius 1 is 0.588 bits per heavy atom. The van der Waals surface area contributed by atoms with Crippen LogP contribution >= 0.6 is 0 Å². The molecule has 5 aromatic carbocycles. The highest BCUT2D eigenvalue weighted by atomic mass is 16.6. The van der Waals surface area contributed by atoms with E-state index in [1.54, 1.807) is 0 Å². The van der Waals surface area contributed by atoms with Gasteiger partial charge in [-0.05, 0) is 69.2 Å². The molecule has 0 atom stereocenters. The van der Waals surface area contributed by atoms with Crippen molar-refractivity contribution in [3.63, 3.8) is 0 Å². The maximum Gasteiger partial charge on any atom is 0.340 e. The van der Waals surface area contributed by atoms with E-state index in [-0.39, 0.29) is 5.97 Å². The number of carbonyl (C=O) groups is 1. The van der Waals surface area contributed by atoms with E-state index in [9.17, 15) is 4.79 Å². The van der Waals surface area contributed by atoms with Crippen LogP contribution in [0.5, 0.6) is 11.5 Å². The molecule has 7 rings (SSSR count). The van der Waals surface area contributed by atoms with Crippen molar-refractivity contribution < 1.29 is 14.3 Å². The Morgan fingerprint density at radius 2 is 1.04 bits per heavy atom. The second-order valence-corrected chi connectivity index (χ2v) is 13.8. The number of esters is 1. The number of hydrogen-bond donors (Lipinski definition) is 0. The Hall–Kier alpha value is -5.23. The zero-order valence-electron chi connectivity index (χ0n) is 30.3. The first-order chi connectivity index (χ1) is 24.8. The smallest absolute Gasteiger partial charge is 0.340 e. The topological polar surface area (TPSA) is 35.5 Å². The Morgan fingerprint density at radius 3 is 1.47 bits per heavy atom. The lowest BCUT2D eigenvalue weighted by atomic mass is 9.77. The van der Waals surface area contributed by atoms with Crippen molar-refractivity contribution in [2.24, 2.45) is 0 Å². The summed E-state index contributed by atoms with van der Waals surface area (Å²) in [5.74, 6) is 1.13. The predicted molar refractivity (Wildman–Crippen MR) is 211 cm³/mol. The van der Waals surface area contributed by atoms with Gasteiger partial charge >= 0.3 is 5.97 Å². The van der Waals surface area contributed by atoms with E-state index in [2.05, 4.69) is 126 Å². The minimum atomic E-state index is -1.11. The molecule has 0 saturated carbocycles. The van der Waals surface area contributed by atoms with Crippen molar-refractivity contribution in [3.8, 4) is 11.5 Å². The molecular formula is C46H48N2O3+2. The standard InChI is InChI=1S/C46H48N2O3/c1-7-33-17-21-35(22-18-33)31-47(9-3,10-4)37-25-27-41-43(29-37)50-44-30-38(48(11-5,12-6)32-36-23-19-34(8-2)20-24-36)26-28-42(44)46(41)40-16-14-13-15-39(40)45(49)51-46/h7-8,13-30H,1-2,9-12,31-32H2,3-6H3/q+2. The molecule has 5 aromatic rings. The third-order valence-electron chi connectivity index (χ3n) is 11.6. The Bertz CT molecular complexity index is 1990. The van der Waals surface area contributed by atoms with Gasteiger partial charge in [-0.15, -0.1) is 0 Å². The van der Waals surface area contributed by atoms with Crippen molar-refractivity contribution in [1.82, 2.24) is 8.97 Å². The van der Waals surface area contributed by atoms with E-state index < -0.39 is 5.60 Å². The van der Waals surface area contributed by atoms with E-state index in [1.807, 2.05) is 36.4 Å². The number of nitrogens with zero attached hydrogens (tertiary/aromatic N) is 2. The molecule has 0 aromatic heterocycles. The van der Waals surface area contributed by atoms with Crippen LogP contribution in [0.15, 0.2) is 122 Å². The Balaban J connectivity index is 1.37. The summed E-state index contributed by atoms with van der Waals surface area (Å²) in [6, 6.07) is 38.1. The van der Waals surface area contributed by atoms with Gasteiger partial charge in [-0.25, -0.2) is 4.79 Å². The minimum Gasteiger partial charge on any atom is -0.456 e. The second-order valence-electron chi connectivity index (χ2n) is 13.8. The normalized spacial score (nSPS) is 14.2. The molecule has 2 aliphatic heterocycles. The maximum atomic E-state index is 13.6. The first kappa shape index (κ1) is 34.2. The Labute approximate surface area is 302 Å². The molecule has 2 heterocycles. The molecule has 0 saturated heterocycles. The van der Waals surface area contributed by atoms with Gasteiger partial charge in [-0.3, -0.25) is 8.97 Å². The minimum absolute atomic E-state index is 0.317. The number of hydrogen-bond acceptors (Lipinski definition) is 3. The third kappa shape index (κ3) is 5.61. The van der Waals surface area contributed by atoms with Gasteiger partial charge in [0.2, 0.25) is 0 Å². The summed E-state index contributed by atoms with van der Waals surface area (Å²) in [6.07, 6.45) is 3.76. The summed E-state index contributed by atoms with van der Waals surface area (Å²) in [7, 11) is 0. The number of ether oxygens (including phenoxy) is 2. The van der Waals surface area contributed by atoms with Crippen molar-refractivity contribution in [2.75, 3.05) is 26.2 Å². The molecule has 0 N–H and O–H groups in total. The summed E-state index contributed by atoms with van der Waals surface area (Å²) < 4.78 is 15.0. The van der Waals surface area contributed by atoms with Gasteiger partial charge in [0.15, 0.2) is 5.60 Å². The first-order valence-electron chi connectivity index (χ1n) is 18.2. The van der Waals surface area contributed by atoms with Crippen LogP contribution in [0, 0.1) is 0 Å². The molecule has 1 spiro atoms. The zero-order chi connectivity index (χ0) is 35.8. The van der Waals surface area contributed by atoms with Crippen LogP contribution in [0.3, 0.4) is 0 Å². The van der Waals surface area contributed by atoms with Gasteiger partial charge in [0, 0.05) is 39.9 Å². The maximum absolute atomic E-state index is 13.6. The Kier molecular flexibility index (Phi) is 9.05. The lowest BCUT2D eigenvalue weighted by molar-refractivity contribution is 0.0224. The van der Waals surface area contributed by atoms with E-state index in [0.717, 1.165) is 98.9 Å². The van der Waals surface area contributed by atoms with E-state index in [0.29, 0.717) is 5.56 Å². The highest BCUT2D eigenvalue weighted by Crippen LogP contribution is 2.57. The summed E-state index contributed by atoms with van der Waals surface area (Å²) >= 11 is 0. The predicted octanol–water partition coefficient (Wildman–Crippen LogP) is 10.6. The van der Waals surface area contributed by atoms with Gasteiger partial charge in [-0.1, -0.05) is 92.0 Å². The number of rotatable bonds is 12. The molecule has 0 amide bonds. The molecule has 51 heavy (non-hydrogen) atoms. The molecule has 5 nitrogen and oxygen atoms in total. The fourth-order valence-electron chi connectivity index (χ4n) is 8.27. The number of quaternary nitrogens is 2. The number of carbonyl (C=O) groups excluding carboxylic acids is 1. The van der Waals surface area contributed by atoms with Crippen LogP contribution in [0.4, 0.5) is 11.4 Å². The van der Waals surface area contributed by atoms with E-state index in [4.69, 9.17) is 9.47 Å². The van der Waals surface area contributed by atoms with Gasteiger partial charge in [0.25, 0.3) is 0 Å². The van der Waals surface area contributed by atoms with Crippen LogP contribution in [0.1, 0.15) is 77.0 Å². The van der Waals surface area contributed by atoms with Crippen molar-refractivity contribution in [3.05, 3.63) is 167 Å². The lowest BCUT2D eigenvalue weighted by Gasteiger charge is -2.41. The molecule has 0 radical (unpaired) electrons. The average Bonchev–Trinajstić information content (AvgIpc) is 3.48. The lowest BCUT2D eigenvalue weighted by Crippen LogP contribution is -2.48. The number of benzene rings is 5. The highest BCUT2D eigenvalue weighted by Gasteiger charge is 2.54. The van der Waals surface area contributed by atoms with Crippen LogP contribution in [0.2, 0.25) is 0 Å². The molecule has 0 aliphatic carbocycles. The summed E-state index contributed by atoms with van der Waals surface area (Å²) in [4.78, 5) is 13.6. The second kappa shape index (κ2) is 13.5. The van der Waals surface area contributed by atoms with Crippen molar-refractivity contribution in [1.29, 1.82) is 0 Å². The third-order valence-corrected chi connectivity index (χ3v) is 11.6. The largest absolute Gasteiger partial charge is 0.456 e. The molecule has 0 unspecified atom stereocenters. The fourth-order valence-corrected chi connectivity index (χ4v) is 8.27. The van der Waals surface area contributed by atoms with Crippen LogP contribution < -0.4 is 13.7 Å². The molecule has 2 aliphatic rings. The summed E-state index contributed by atoms with van der Waals surface area (Å²) in [6.45, 7) is 22.1. The van der Waals surface area contributed by atoms with Gasteiger partial charge < -0.3 is 9.47 Å². The van der Waals surface area contributed by atoms with Gasteiger partial charge in [0.05, 0.1) is 31.7 Å². The van der Waals surface area contributed by atoms with Crippen molar-refractivity contribution in [2.45, 2.75) is 46.4 Å². The van der Waals surface area contributed by atoms with Crippen LogP contribution in [-0.4, -0.2) is 32.1 Å². The molecule has 0 fully saturated rings. The molecular weight excluding hydrogens is 629 g/mol. The van der Waals surface area contributed by atoms with E-state index in [1.165, 1.54) is 11.1 Å². The molecule has 5 heteroatoms. The quantitative estimate of drug-likeness (QED) is 0.0975.